The Bertz CT molecular complexity index is 1220. The number of aromatic nitrogens is 1. The third-order valence-corrected chi connectivity index (χ3v) is 5.21. The molecule has 0 aliphatic rings. The number of nitro benzene ring substituents is 1. The molecule has 0 unspecified atom stereocenters. The molecule has 0 bridgehead atoms. The lowest BCUT2D eigenvalue weighted by atomic mass is 10.2. The van der Waals surface area contributed by atoms with Crippen molar-refractivity contribution in [1.29, 1.82) is 0 Å². The number of hydrogen-bond donors (Lipinski definition) is 1. The van der Waals surface area contributed by atoms with Crippen LogP contribution in [0.3, 0.4) is 0 Å². The van der Waals surface area contributed by atoms with Crippen LogP contribution in [0.5, 0.6) is 0 Å². The van der Waals surface area contributed by atoms with Gasteiger partial charge in [-0.05, 0) is 23.3 Å². The standard InChI is InChI=1S/C23H19ClN4O2/c24-22-7-3-1-5-18(22)13-25-26-14-19-16-27(23-8-4-2-6-21(19)23)15-17-9-11-20(12-10-17)28(29)30/h1-12,14,16,25H,13,15H2/b26-14-. The molecule has 6 nitrogen and oxygen atoms in total. The van der Waals surface area contributed by atoms with Gasteiger partial charge in [-0.25, -0.2) is 0 Å². The molecule has 0 amide bonds. The van der Waals surface area contributed by atoms with Gasteiger partial charge in [-0.3, -0.25) is 10.1 Å². The number of rotatable bonds is 7. The van der Waals surface area contributed by atoms with Crippen LogP contribution in [-0.2, 0) is 13.1 Å². The molecule has 0 atom stereocenters. The van der Waals surface area contributed by atoms with Gasteiger partial charge >= 0.3 is 0 Å². The summed E-state index contributed by atoms with van der Waals surface area (Å²) < 4.78 is 2.12. The van der Waals surface area contributed by atoms with Crippen molar-refractivity contribution in [3.8, 4) is 0 Å². The van der Waals surface area contributed by atoms with E-state index in [1.54, 1.807) is 18.3 Å². The lowest BCUT2D eigenvalue weighted by molar-refractivity contribution is -0.384. The quantitative estimate of drug-likeness (QED) is 0.249. The van der Waals surface area contributed by atoms with Gasteiger partial charge < -0.3 is 9.99 Å². The first-order chi connectivity index (χ1) is 14.6. The minimum atomic E-state index is -0.390. The van der Waals surface area contributed by atoms with E-state index in [1.807, 2.05) is 42.6 Å². The summed E-state index contributed by atoms with van der Waals surface area (Å²) in [5.41, 5.74) is 7.16. The van der Waals surface area contributed by atoms with Gasteiger partial charge in [0.2, 0.25) is 0 Å². The Labute approximate surface area is 178 Å². The monoisotopic (exact) mass is 418 g/mol. The highest BCUT2D eigenvalue weighted by Crippen LogP contribution is 2.22. The average Bonchev–Trinajstić information content (AvgIpc) is 3.10. The summed E-state index contributed by atoms with van der Waals surface area (Å²) in [6.45, 7) is 1.15. The van der Waals surface area contributed by atoms with Gasteiger partial charge in [-0.2, -0.15) is 5.10 Å². The fraction of sp³-hybridized carbons (Fsp3) is 0.0870. The van der Waals surface area contributed by atoms with Crippen molar-refractivity contribution >= 4 is 34.4 Å². The summed E-state index contributed by atoms with van der Waals surface area (Å²) in [6.07, 6.45) is 3.83. The second-order valence-electron chi connectivity index (χ2n) is 6.84. The van der Waals surface area contributed by atoms with Gasteiger partial charge in [-0.1, -0.05) is 60.1 Å². The molecule has 0 saturated carbocycles. The van der Waals surface area contributed by atoms with Gasteiger partial charge in [0, 0.05) is 46.4 Å². The largest absolute Gasteiger partial charge is 0.342 e. The normalized spacial score (nSPS) is 11.2. The molecule has 7 heteroatoms. The van der Waals surface area contributed by atoms with E-state index in [4.69, 9.17) is 11.6 Å². The van der Waals surface area contributed by atoms with Crippen LogP contribution in [0.4, 0.5) is 5.69 Å². The first kappa shape index (κ1) is 19.7. The van der Waals surface area contributed by atoms with Crippen LogP contribution >= 0.6 is 11.6 Å². The molecule has 0 fully saturated rings. The Balaban J connectivity index is 1.53. The predicted octanol–water partition coefficient (Wildman–Crippen LogP) is 5.37. The molecule has 4 aromatic rings. The molecule has 150 valence electrons. The zero-order valence-corrected chi connectivity index (χ0v) is 16.8. The third-order valence-electron chi connectivity index (χ3n) is 4.84. The number of para-hydroxylation sites is 1. The molecule has 3 aromatic carbocycles. The van der Waals surface area contributed by atoms with Gasteiger partial charge in [-0.15, -0.1) is 0 Å². The SMILES string of the molecule is O=[N+]([O-])c1ccc(Cn2cc(/C=N\NCc3ccccc3Cl)c3ccccc32)cc1. The van der Waals surface area contributed by atoms with Crippen molar-refractivity contribution in [2.45, 2.75) is 13.1 Å². The van der Waals surface area contributed by atoms with Gasteiger partial charge in [0.05, 0.1) is 17.7 Å². The molecular formula is C23H19ClN4O2. The molecular weight excluding hydrogens is 400 g/mol. The Morgan fingerprint density at radius 3 is 2.53 bits per heavy atom. The number of nitrogens with zero attached hydrogens (tertiary/aromatic N) is 3. The van der Waals surface area contributed by atoms with Crippen molar-refractivity contribution in [3.05, 3.63) is 111 Å². The topological polar surface area (TPSA) is 72.5 Å². The van der Waals surface area contributed by atoms with Crippen molar-refractivity contribution in [3.63, 3.8) is 0 Å². The Hall–Kier alpha value is -3.64. The van der Waals surface area contributed by atoms with E-state index in [0.717, 1.165) is 27.6 Å². The molecule has 0 aliphatic carbocycles. The number of hydrazone groups is 1. The zero-order valence-electron chi connectivity index (χ0n) is 16.0. The molecule has 0 spiro atoms. The van der Waals surface area contributed by atoms with Crippen LogP contribution in [-0.4, -0.2) is 15.7 Å². The Kier molecular flexibility index (Phi) is 5.77. The summed E-state index contributed by atoms with van der Waals surface area (Å²) in [5, 5.41) is 17.0. The van der Waals surface area contributed by atoms with Crippen molar-refractivity contribution in [1.82, 2.24) is 9.99 Å². The smallest absolute Gasteiger partial charge is 0.269 e. The molecule has 0 saturated heterocycles. The van der Waals surface area contributed by atoms with Crippen LogP contribution in [0.2, 0.25) is 5.02 Å². The number of fused-ring (bicyclic) bond motifs is 1. The van der Waals surface area contributed by atoms with E-state index in [1.165, 1.54) is 12.1 Å². The molecule has 1 aromatic heterocycles. The Morgan fingerprint density at radius 2 is 1.77 bits per heavy atom. The highest BCUT2D eigenvalue weighted by atomic mass is 35.5. The number of hydrogen-bond acceptors (Lipinski definition) is 4. The van der Waals surface area contributed by atoms with Crippen molar-refractivity contribution in [2.24, 2.45) is 5.10 Å². The summed E-state index contributed by atoms with van der Waals surface area (Å²) in [6, 6.07) is 22.4. The van der Waals surface area contributed by atoms with E-state index in [-0.39, 0.29) is 10.6 Å². The number of nitro groups is 1. The summed E-state index contributed by atoms with van der Waals surface area (Å²) >= 11 is 6.17. The number of non-ortho nitro benzene ring substituents is 1. The number of halogens is 1. The lowest BCUT2D eigenvalue weighted by Gasteiger charge is -2.05. The maximum atomic E-state index is 10.9. The minimum Gasteiger partial charge on any atom is -0.342 e. The van der Waals surface area contributed by atoms with Gasteiger partial charge in [0.15, 0.2) is 0 Å². The number of benzene rings is 3. The first-order valence-electron chi connectivity index (χ1n) is 9.42. The van der Waals surface area contributed by atoms with E-state index in [0.29, 0.717) is 18.1 Å². The maximum Gasteiger partial charge on any atom is 0.269 e. The molecule has 30 heavy (non-hydrogen) atoms. The van der Waals surface area contributed by atoms with E-state index < -0.39 is 0 Å². The van der Waals surface area contributed by atoms with Crippen molar-refractivity contribution in [2.75, 3.05) is 0 Å². The Morgan fingerprint density at radius 1 is 1.03 bits per heavy atom. The van der Waals surface area contributed by atoms with Gasteiger partial charge in [0.25, 0.3) is 5.69 Å². The van der Waals surface area contributed by atoms with E-state index >= 15 is 0 Å². The molecule has 0 aliphatic heterocycles. The first-order valence-corrected chi connectivity index (χ1v) is 9.80. The minimum absolute atomic E-state index is 0.0912. The molecule has 0 radical (unpaired) electrons. The fourth-order valence-corrected chi connectivity index (χ4v) is 3.52. The average molecular weight is 419 g/mol. The highest BCUT2D eigenvalue weighted by Gasteiger charge is 2.09. The molecule has 1 heterocycles. The van der Waals surface area contributed by atoms with E-state index in [2.05, 4.69) is 27.2 Å². The lowest BCUT2D eigenvalue weighted by Crippen LogP contribution is -2.05. The fourth-order valence-electron chi connectivity index (χ4n) is 3.32. The second kappa shape index (κ2) is 8.80. The summed E-state index contributed by atoms with van der Waals surface area (Å²) in [5.74, 6) is 0. The van der Waals surface area contributed by atoms with Crippen LogP contribution in [0.25, 0.3) is 10.9 Å². The molecule has 1 N–H and O–H groups in total. The summed E-state index contributed by atoms with van der Waals surface area (Å²) in [7, 11) is 0. The van der Waals surface area contributed by atoms with Crippen LogP contribution < -0.4 is 5.43 Å². The van der Waals surface area contributed by atoms with E-state index in [9.17, 15) is 10.1 Å². The predicted molar refractivity (Wildman–Crippen MR) is 120 cm³/mol. The van der Waals surface area contributed by atoms with Crippen LogP contribution in [0.1, 0.15) is 16.7 Å². The summed E-state index contributed by atoms with van der Waals surface area (Å²) in [4.78, 5) is 10.5. The second-order valence-corrected chi connectivity index (χ2v) is 7.24. The maximum absolute atomic E-state index is 10.9. The molecule has 4 rings (SSSR count). The van der Waals surface area contributed by atoms with Crippen LogP contribution in [0.15, 0.2) is 84.1 Å². The number of nitrogens with one attached hydrogen (secondary N) is 1. The van der Waals surface area contributed by atoms with Gasteiger partial charge in [0.1, 0.15) is 0 Å². The van der Waals surface area contributed by atoms with Crippen molar-refractivity contribution < 1.29 is 4.92 Å². The third kappa shape index (κ3) is 4.34. The highest BCUT2D eigenvalue weighted by molar-refractivity contribution is 6.31. The zero-order chi connectivity index (χ0) is 20.9. The van der Waals surface area contributed by atoms with Crippen LogP contribution in [0, 0.1) is 10.1 Å².